The number of hydrogen-bond donors (Lipinski definition) is 1. The molecule has 0 spiro atoms. The van der Waals surface area contributed by atoms with Gasteiger partial charge in [0, 0.05) is 22.6 Å². The molecule has 96 valence electrons. The summed E-state index contributed by atoms with van der Waals surface area (Å²) < 4.78 is 6.09. The lowest BCUT2D eigenvalue weighted by atomic mass is 10.0. The Balaban J connectivity index is 2.08. The number of hydrogen-bond acceptors (Lipinski definition) is 5. The number of rotatable bonds is 4. The highest BCUT2D eigenvalue weighted by molar-refractivity contribution is 9.10. The molecular weight excluding hydrogens is 296 g/mol. The minimum Gasteiger partial charge on any atom is -0.339 e. The maximum Gasteiger partial charge on any atom is 0.227 e. The van der Waals surface area contributed by atoms with E-state index in [9.17, 15) is 0 Å². The van der Waals surface area contributed by atoms with E-state index in [0.29, 0.717) is 23.8 Å². The van der Waals surface area contributed by atoms with Gasteiger partial charge in [-0.05, 0) is 48.3 Å². The number of nitrogens with zero attached hydrogens (tertiary/aromatic N) is 3. The molecule has 2 aromatic heterocycles. The van der Waals surface area contributed by atoms with Crippen LogP contribution in [0.1, 0.15) is 26.2 Å². The van der Waals surface area contributed by atoms with Gasteiger partial charge in [0.2, 0.25) is 11.7 Å². The molecule has 0 atom stereocenters. The predicted octanol–water partition coefficient (Wildman–Crippen LogP) is 2.56. The van der Waals surface area contributed by atoms with Crippen LogP contribution in [0, 0.1) is 0 Å². The largest absolute Gasteiger partial charge is 0.339 e. The van der Waals surface area contributed by atoms with Crippen LogP contribution in [0.2, 0.25) is 0 Å². The van der Waals surface area contributed by atoms with E-state index in [1.165, 1.54) is 0 Å². The lowest BCUT2D eigenvalue weighted by Crippen LogP contribution is -2.32. The lowest BCUT2D eigenvalue weighted by Gasteiger charge is -2.16. The molecule has 18 heavy (non-hydrogen) atoms. The van der Waals surface area contributed by atoms with Crippen LogP contribution in [0.15, 0.2) is 27.3 Å². The van der Waals surface area contributed by atoms with E-state index >= 15 is 0 Å². The van der Waals surface area contributed by atoms with Gasteiger partial charge in [-0.15, -0.1) is 0 Å². The summed E-state index contributed by atoms with van der Waals surface area (Å²) in [6, 6.07) is 3.73. The van der Waals surface area contributed by atoms with Crippen LogP contribution in [0.4, 0.5) is 0 Å². The molecule has 0 aromatic carbocycles. The van der Waals surface area contributed by atoms with Gasteiger partial charge in [0.05, 0.1) is 0 Å². The summed E-state index contributed by atoms with van der Waals surface area (Å²) in [6.07, 6.45) is 3.17. The number of pyridine rings is 1. The third-order valence-corrected chi connectivity index (χ3v) is 2.88. The second-order valence-electron chi connectivity index (χ2n) is 4.86. The fraction of sp³-hybridized carbons (Fsp3) is 0.417. The van der Waals surface area contributed by atoms with Crippen LogP contribution in [0.5, 0.6) is 0 Å². The van der Waals surface area contributed by atoms with Crippen LogP contribution in [0.25, 0.3) is 11.5 Å². The smallest absolute Gasteiger partial charge is 0.227 e. The quantitative estimate of drug-likeness (QED) is 0.939. The van der Waals surface area contributed by atoms with Gasteiger partial charge >= 0.3 is 0 Å². The monoisotopic (exact) mass is 310 g/mol. The van der Waals surface area contributed by atoms with E-state index in [1.54, 1.807) is 6.20 Å². The second kappa shape index (κ2) is 5.16. The Morgan fingerprint density at radius 2 is 2.17 bits per heavy atom. The Morgan fingerprint density at radius 3 is 2.78 bits per heavy atom. The van der Waals surface area contributed by atoms with Gasteiger partial charge in [0.1, 0.15) is 5.69 Å². The molecule has 2 rings (SSSR count). The van der Waals surface area contributed by atoms with E-state index in [4.69, 9.17) is 10.3 Å². The van der Waals surface area contributed by atoms with E-state index in [-0.39, 0.29) is 5.54 Å². The summed E-state index contributed by atoms with van der Waals surface area (Å²) in [4.78, 5) is 8.52. The number of halogens is 1. The molecule has 2 heterocycles. The zero-order chi connectivity index (χ0) is 13.2. The van der Waals surface area contributed by atoms with Gasteiger partial charge in [-0.3, -0.25) is 4.98 Å². The van der Waals surface area contributed by atoms with Crippen molar-refractivity contribution in [2.24, 2.45) is 5.73 Å². The van der Waals surface area contributed by atoms with E-state index in [0.717, 1.165) is 10.9 Å². The first-order valence-electron chi connectivity index (χ1n) is 5.67. The summed E-state index contributed by atoms with van der Waals surface area (Å²) in [5, 5.41) is 3.91. The van der Waals surface area contributed by atoms with Crippen molar-refractivity contribution in [3.05, 3.63) is 28.7 Å². The molecule has 0 fully saturated rings. The summed E-state index contributed by atoms with van der Waals surface area (Å²) in [7, 11) is 0. The number of aromatic nitrogens is 3. The summed E-state index contributed by atoms with van der Waals surface area (Å²) in [5.41, 5.74) is 6.37. The first-order chi connectivity index (χ1) is 8.44. The third kappa shape index (κ3) is 3.61. The first kappa shape index (κ1) is 13.2. The minimum absolute atomic E-state index is 0.232. The lowest BCUT2D eigenvalue weighted by molar-refractivity contribution is 0.358. The molecule has 0 saturated heterocycles. The van der Waals surface area contributed by atoms with Crippen LogP contribution in [0.3, 0.4) is 0 Å². The zero-order valence-corrected chi connectivity index (χ0v) is 11.9. The highest BCUT2D eigenvalue weighted by Gasteiger charge is 2.15. The highest BCUT2D eigenvalue weighted by atomic mass is 79.9. The molecule has 0 bridgehead atoms. The number of nitrogens with two attached hydrogens (primary N) is 1. The molecule has 5 nitrogen and oxygen atoms in total. The second-order valence-corrected chi connectivity index (χ2v) is 5.78. The van der Waals surface area contributed by atoms with Crippen LogP contribution in [-0.4, -0.2) is 20.7 Å². The molecule has 0 unspecified atom stereocenters. The molecule has 2 N–H and O–H groups in total. The van der Waals surface area contributed by atoms with Gasteiger partial charge in [0.15, 0.2) is 0 Å². The average molecular weight is 311 g/mol. The van der Waals surface area contributed by atoms with Crippen LogP contribution in [-0.2, 0) is 6.42 Å². The first-order valence-corrected chi connectivity index (χ1v) is 6.47. The van der Waals surface area contributed by atoms with Crippen molar-refractivity contribution in [2.45, 2.75) is 32.2 Å². The van der Waals surface area contributed by atoms with Crippen molar-refractivity contribution in [1.82, 2.24) is 15.1 Å². The van der Waals surface area contributed by atoms with Crippen molar-refractivity contribution in [3.63, 3.8) is 0 Å². The van der Waals surface area contributed by atoms with Gasteiger partial charge in [0.25, 0.3) is 0 Å². The van der Waals surface area contributed by atoms with Gasteiger partial charge in [-0.2, -0.15) is 4.98 Å². The van der Waals surface area contributed by atoms with E-state index < -0.39 is 0 Å². The minimum atomic E-state index is -0.232. The predicted molar refractivity (Wildman–Crippen MR) is 71.8 cm³/mol. The van der Waals surface area contributed by atoms with E-state index in [1.807, 2.05) is 26.0 Å². The van der Waals surface area contributed by atoms with E-state index in [2.05, 4.69) is 31.1 Å². The SMILES string of the molecule is CC(C)(N)CCc1nc(-c2ccc(Br)cn2)no1. The molecule has 2 aromatic rings. The van der Waals surface area contributed by atoms with Gasteiger partial charge in [-0.25, -0.2) is 0 Å². The summed E-state index contributed by atoms with van der Waals surface area (Å²) in [6.45, 7) is 3.95. The highest BCUT2D eigenvalue weighted by Crippen LogP contribution is 2.17. The molecule has 0 saturated carbocycles. The topological polar surface area (TPSA) is 77.8 Å². The standard InChI is InChI=1S/C12H15BrN4O/c1-12(2,14)6-5-10-16-11(17-18-10)9-4-3-8(13)7-15-9/h3-4,7H,5-6,14H2,1-2H3. The molecule has 0 aliphatic carbocycles. The third-order valence-electron chi connectivity index (χ3n) is 2.41. The van der Waals surface area contributed by atoms with Gasteiger partial charge < -0.3 is 10.3 Å². The fourth-order valence-corrected chi connectivity index (χ4v) is 1.63. The van der Waals surface area contributed by atoms with Crippen molar-refractivity contribution in [2.75, 3.05) is 0 Å². The Bertz CT molecular complexity index is 516. The molecular formula is C12H15BrN4O. The fourth-order valence-electron chi connectivity index (χ4n) is 1.40. The van der Waals surface area contributed by atoms with Crippen LogP contribution >= 0.6 is 15.9 Å². The Kier molecular flexibility index (Phi) is 3.77. The molecule has 0 radical (unpaired) electrons. The number of aryl methyl sites for hydroxylation is 1. The van der Waals surface area contributed by atoms with Crippen molar-refractivity contribution in [3.8, 4) is 11.5 Å². The summed E-state index contributed by atoms with van der Waals surface area (Å²) >= 11 is 3.33. The molecule has 0 amide bonds. The molecule has 6 heteroatoms. The maximum atomic E-state index is 5.91. The Morgan fingerprint density at radius 1 is 1.39 bits per heavy atom. The normalized spacial score (nSPS) is 11.8. The zero-order valence-electron chi connectivity index (χ0n) is 10.4. The average Bonchev–Trinajstić information content (AvgIpc) is 2.75. The molecule has 0 aliphatic heterocycles. The van der Waals surface area contributed by atoms with Crippen molar-refractivity contribution in [1.29, 1.82) is 0 Å². The maximum absolute atomic E-state index is 5.91. The Labute approximate surface area is 114 Å². The Hall–Kier alpha value is -1.27. The molecule has 0 aliphatic rings. The van der Waals surface area contributed by atoms with Gasteiger partial charge in [-0.1, -0.05) is 5.16 Å². The summed E-state index contributed by atoms with van der Waals surface area (Å²) in [5.74, 6) is 1.10. The van der Waals surface area contributed by atoms with Crippen LogP contribution < -0.4 is 5.73 Å². The van der Waals surface area contributed by atoms with Crippen molar-refractivity contribution >= 4 is 15.9 Å². The van der Waals surface area contributed by atoms with Crippen molar-refractivity contribution < 1.29 is 4.52 Å².